The maximum atomic E-state index is 5.63. The molecule has 0 aliphatic heterocycles. The van der Waals surface area contributed by atoms with Crippen molar-refractivity contribution in [2.75, 3.05) is 19.8 Å². The highest BCUT2D eigenvalue weighted by molar-refractivity contribution is 5.31. The van der Waals surface area contributed by atoms with Crippen molar-refractivity contribution in [3.8, 4) is 17.2 Å². The van der Waals surface area contributed by atoms with Gasteiger partial charge >= 0.3 is 0 Å². The first-order valence-electron chi connectivity index (χ1n) is 7.09. The molecule has 0 aromatic heterocycles. The molecule has 0 unspecified atom stereocenters. The summed E-state index contributed by atoms with van der Waals surface area (Å²) < 4.78 is 16.6. The molecule has 21 heavy (non-hydrogen) atoms. The van der Waals surface area contributed by atoms with Crippen molar-refractivity contribution in [3.05, 3.63) is 54.1 Å². The Hall–Kier alpha value is -2.20. The van der Waals surface area contributed by atoms with Crippen molar-refractivity contribution in [1.29, 1.82) is 0 Å². The number of rotatable bonds is 8. The summed E-state index contributed by atoms with van der Waals surface area (Å²) in [4.78, 5) is 0. The Balaban J connectivity index is 1.73. The smallest absolute Gasteiger partial charge is 0.122 e. The Bertz CT molecular complexity index is 540. The monoisotopic (exact) mass is 287 g/mol. The average molecular weight is 287 g/mol. The number of hydrogen-bond acceptors (Lipinski definition) is 4. The summed E-state index contributed by atoms with van der Waals surface area (Å²) in [6.07, 6.45) is 0. The molecule has 0 saturated heterocycles. The van der Waals surface area contributed by atoms with Gasteiger partial charge in [0.15, 0.2) is 0 Å². The third-order valence-electron chi connectivity index (χ3n) is 2.89. The molecule has 112 valence electrons. The number of ether oxygens (including phenoxy) is 3. The molecule has 4 heteroatoms. The van der Waals surface area contributed by atoms with Crippen LogP contribution in [0, 0.1) is 0 Å². The van der Waals surface area contributed by atoms with Gasteiger partial charge in [0.1, 0.15) is 30.5 Å². The SMILES string of the molecule is CCOc1ccc(OCCOc2cccc(CN)c2)cc1. The van der Waals surface area contributed by atoms with Crippen LogP contribution in [0.15, 0.2) is 48.5 Å². The summed E-state index contributed by atoms with van der Waals surface area (Å²) in [6, 6.07) is 15.3. The first-order valence-corrected chi connectivity index (χ1v) is 7.09. The van der Waals surface area contributed by atoms with Crippen LogP contribution >= 0.6 is 0 Å². The number of benzene rings is 2. The summed E-state index contributed by atoms with van der Waals surface area (Å²) in [6.45, 7) is 4.11. The van der Waals surface area contributed by atoms with Crippen LogP contribution in [-0.2, 0) is 6.54 Å². The van der Waals surface area contributed by atoms with E-state index in [1.54, 1.807) is 0 Å². The summed E-state index contributed by atoms with van der Waals surface area (Å²) >= 11 is 0. The fourth-order valence-corrected chi connectivity index (χ4v) is 1.88. The van der Waals surface area contributed by atoms with Crippen LogP contribution in [0.5, 0.6) is 17.2 Å². The van der Waals surface area contributed by atoms with Crippen molar-refractivity contribution in [1.82, 2.24) is 0 Å². The van der Waals surface area contributed by atoms with Crippen molar-refractivity contribution in [3.63, 3.8) is 0 Å². The predicted molar refractivity (Wildman–Crippen MR) is 82.9 cm³/mol. The molecule has 4 nitrogen and oxygen atoms in total. The van der Waals surface area contributed by atoms with E-state index in [4.69, 9.17) is 19.9 Å². The molecule has 0 amide bonds. The highest BCUT2D eigenvalue weighted by Crippen LogP contribution is 2.17. The third kappa shape index (κ3) is 5.00. The summed E-state index contributed by atoms with van der Waals surface area (Å²) in [5.74, 6) is 2.46. The van der Waals surface area contributed by atoms with Crippen LogP contribution in [0.3, 0.4) is 0 Å². The average Bonchev–Trinajstić information content (AvgIpc) is 2.53. The summed E-state index contributed by atoms with van der Waals surface area (Å²) in [7, 11) is 0. The van der Waals surface area contributed by atoms with Crippen LogP contribution in [0.4, 0.5) is 0 Å². The second-order valence-electron chi connectivity index (χ2n) is 4.45. The van der Waals surface area contributed by atoms with Crippen molar-refractivity contribution in [2.45, 2.75) is 13.5 Å². The van der Waals surface area contributed by atoms with Gasteiger partial charge < -0.3 is 19.9 Å². The van der Waals surface area contributed by atoms with Crippen LogP contribution in [0.25, 0.3) is 0 Å². The molecular weight excluding hydrogens is 266 g/mol. The summed E-state index contributed by atoms with van der Waals surface area (Å²) in [5, 5.41) is 0. The Kier molecular flexibility index (Phi) is 5.91. The molecule has 2 rings (SSSR count). The maximum absolute atomic E-state index is 5.63. The molecule has 0 saturated carbocycles. The Morgan fingerprint density at radius 2 is 1.43 bits per heavy atom. The highest BCUT2D eigenvalue weighted by atomic mass is 16.5. The molecule has 0 spiro atoms. The maximum Gasteiger partial charge on any atom is 0.122 e. The number of nitrogens with two attached hydrogens (primary N) is 1. The van der Waals surface area contributed by atoms with Gasteiger partial charge in [0.05, 0.1) is 6.61 Å². The van der Waals surface area contributed by atoms with Gasteiger partial charge in [-0.2, -0.15) is 0 Å². The zero-order chi connectivity index (χ0) is 14.9. The van der Waals surface area contributed by atoms with E-state index in [1.165, 1.54) is 0 Å². The molecule has 0 aliphatic rings. The lowest BCUT2D eigenvalue weighted by atomic mass is 10.2. The van der Waals surface area contributed by atoms with E-state index < -0.39 is 0 Å². The lowest BCUT2D eigenvalue weighted by Crippen LogP contribution is -2.09. The predicted octanol–water partition coefficient (Wildman–Crippen LogP) is 3.00. The zero-order valence-electron chi connectivity index (χ0n) is 12.2. The first-order chi connectivity index (χ1) is 10.3. The Labute approximate surface area is 125 Å². The standard InChI is InChI=1S/C17H21NO3/c1-2-19-15-6-8-16(9-7-15)20-10-11-21-17-5-3-4-14(12-17)13-18/h3-9,12H,2,10-11,13,18H2,1H3. The van der Waals surface area contributed by atoms with Gasteiger partial charge in [-0.05, 0) is 48.9 Å². The second kappa shape index (κ2) is 8.17. The van der Waals surface area contributed by atoms with Gasteiger partial charge in [-0.15, -0.1) is 0 Å². The van der Waals surface area contributed by atoms with Crippen molar-refractivity contribution < 1.29 is 14.2 Å². The second-order valence-corrected chi connectivity index (χ2v) is 4.45. The fraction of sp³-hybridized carbons (Fsp3) is 0.294. The zero-order valence-corrected chi connectivity index (χ0v) is 12.2. The lowest BCUT2D eigenvalue weighted by Gasteiger charge is -2.10. The minimum absolute atomic E-state index is 0.487. The molecule has 0 radical (unpaired) electrons. The van der Waals surface area contributed by atoms with E-state index >= 15 is 0 Å². The molecular formula is C17H21NO3. The summed E-state index contributed by atoms with van der Waals surface area (Å²) in [5.41, 5.74) is 6.65. The molecule has 2 aromatic rings. The van der Waals surface area contributed by atoms with Crippen LogP contribution in [-0.4, -0.2) is 19.8 Å². The Morgan fingerprint density at radius 1 is 0.810 bits per heavy atom. The minimum Gasteiger partial charge on any atom is -0.494 e. The van der Waals surface area contributed by atoms with E-state index in [1.807, 2.05) is 55.5 Å². The van der Waals surface area contributed by atoms with E-state index in [2.05, 4.69) is 0 Å². The van der Waals surface area contributed by atoms with Crippen LogP contribution in [0.2, 0.25) is 0 Å². The topological polar surface area (TPSA) is 53.7 Å². The van der Waals surface area contributed by atoms with Gasteiger partial charge in [0, 0.05) is 6.54 Å². The Morgan fingerprint density at radius 3 is 2.05 bits per heavy atom. The van der Waals surface area contributed by atoms with Crippen molar-refractivity contribution >= 4 is 0 Å². The highest BCUT2D eigenvalue weighted by Gasteiger charge is 1.98. The molecule has 0 bridgehead atoms. The van der Waals surface area contributed by atoms with Gasteiger partial charge in [0.2, 0.25) is 0 Å². The molecule has 2 N–H and O–H groups in total. The first kappa shape index (κ1) is 15.2. The van der Waals surface area contributed by atoms with Gasteiger partial charge in [-0.1, -0.05) is 12.1 Å². The molecule has 0 aliphatic carbocycles. The molecule has 0 atom stereocenters. The van der Waals surface area contributed by atoms with Crippen molar-refractivity contribution in [2.24, 2.45) is 5.73 Å². The van der Waals surface area contributed by atoms with Gasteiger partial charge in [-0.25, -0.2) is 0 Å². The third-order valence-corrected chi connectivity index (χ3v) is 2.89. The van der Waals surface area contributed by atoms with Gasteiger partial charge in [0.25, 0.3) is 0 Å². The van der Waals surface area contributed by atoms with Crippen LogP contribution in [0.1, 0.15) is 12.5 Å². The van der Waals surface area contributed by atoms with Gasteiger partial charge in [-0.3, -0.25) is 0 Å². The normalized spacial score (nSPS) is 10.2. The van der Waals surface area contributed by atoms with E-state index in [0.717, 1.165) is 22.8 Å². The lowest BCUT2D eigenvalue weighted by molar-refractivity contribution is 0.217. The quantitative estimate of drug-likeness (QED) is 0.758. The van der Waals surface area contributed by atoms with E-state index in [9.17, 15) is 0 Å². The fourth-order valence-electron chi connectivity index (χ4n) is 1.88. The molecule has 2 aromatic carbocycles. The molecule has 0 heterocycles. The van der Waals surface area contributed by atoms with Crippen LogP contribution < -0.4 is 19.9 Å². The number of hydrogen-bond donors (Lipinski definition) is 1. The van der Waals surface area contributed by atoms with E-state index in [-0.39, 0.29) is 0 Å². The molecule has 0 fully saturated rings. The largest absolute Gasteiger partial charge is 0.494 e. The minimum atomic E-state index is 0.487. The van der Waals surface area contributed by atoms with E-state index in [0.29, 0.717) is 26.4 Å².